The molecule has 18 heavy (non-hydrogen) atoms. The van der Waals surface area contributed by atoms with Crippen molar-refractivity contribution in [2.75, 3.05) is 6.54 Å². The first-order valence-corrected chi connectivity index (χ1v) is 5.19. The fourth-order valence-electron chi connectivity index (χ4n) is 1.55. The van der Waals surface area contributed by atoms with Crippen LogP contribution in [0.1, 0.15) is 30.0 Å². The van der Waals surface area contributed by atoms with E-state index in [9.17, 15) is 17.6 Å². The van der Waals surface area contributed by atoms with Gasteiger partial charge in [-0.2, -0.15) is 13.2 Å². The Morgan fingerprint density at radius 1 is 1.22 bits per heavy atom. The molecule has 0 unspecified atom stereocenters. The van der Waals surface area contributed by atoms with Gasteiger partial charge in [0.25, 0.3) is 0 Å². The number of hydrogen-bond donors (Lipinski definition) is 2. The summed E-state index contributed by atoms with van der Waals surface area (Å²) in [4.78, 5) is 0. The smallest absolute Gasteiger partial charge is 0.330 e. The average Bonchev–Trinajstić information content (AvgIpc) is 2.24. The van der Waals surface area contributed by atoms with Crippen LogP contribution in [-0.4, -0.2) is 6.54 Å². The highest BCUT2D eigenvalue weighted by Crippen LogP contribution is 2.34. The molecule has 0 saturated heterocycles. The Morgan fingerprint density at radius 3 is 2.33 bits per heavy atom. The van der Waals surface area contributed by atoms with Crippen LogP contribution in [-0.2, 0) is 6.18 Å². The van der Waals surface area contributed by atoms with Crippen molar-refractivity contribution in [2.24, 2.45) is 11.5 Å². The summed E-state index contributed by atoms with van der Waals surface area (Å²) < 4.78 is 50.9. The number of benzene rings is 1. The van der Waals surface area contributed by atoms with E-state index in [2.05, 4.69) is 0 Å². The summed E-state index contributed by atoms with van der Waals surface area (Å²) in [6.45, 7) is 0.369. The van der Waals surface area contributed by atoms with E-state index in [0.29, 0.717) is 25.5 Å². The van der Waals surface area contributed by atoms with Gasteiger partial charge in [-0.3, -0.25) is 0 Å². The molecule has 1 aromatic rings. The number of halogens is 5. The summed E-state index contributed by atoms with van der Waals surface area (Å²) in [6.07, 6.45) is -3.81. The second kappa shape index (κ2) is 6.92. The zero-order valence-electron chi connectivity index (χ0n) is 9.51. The number of hydrogen-bond acceptors (Lipinski definition) is 2. The van der Waals surface area contributed by atoms with Crippen molar-refractivity contribution in [3.63, 3.8) is 0 Å². The topological polar surface area (TPSA) is 52.0 Å². The average molecular weight is 287 g/mol. The zero-order chi connectivity index (χ0) is 13.1. The fourth-order valence-corrected chi connectivity index (χ4v) is 1.55. The Balaban J connectivity index is 0.00000289. The second-order valence-electron chi connectivity index (χ2n) is 3.74. The fraction of sp³-hybridized carbons (Fsp3) is 0.455. The molecule has 0 amide bonds. The molecule has 0 saturated carbocycles. The first kappa shape index (κ1) is 17.2. The highest BCUT2D eigenvalue weighted by atomic mass is 35.5. The highest BCUT2D eigenvalue weighted by molar-refractivity contribution is 5.85. The molecule has 4 N–H and O–H groups in total. The molecule has 1 aromatic carbocycles. The largest absolute Gasteiger partial charge is 0.419 e. The van der Waals surface area contributed by atoms with Crippen molar-refractivity contribution in [1.82, 2.24) is 0 Å². The standard InChI is InChI=1S/C11H14F4N2.ClH/c12-10-7(9(17)5-2-6-16)3-1-4-8(10)11(13,14)15;/h1,3-4,9H,2,5-6,16-17H2;1H/t9-;/m0./s1. The van der Waals surface area contributed by atoms with Crippen LogP contribution in [0.3, 0.4) is 0 Å². The van der Waals surface area contributed by atoms with Crippen LogP contribution in [0.2, 0.25) is 0 Å². The molecule has 104 valence electrons. The second-order valence-corrected chi connectivity index (χ2v) is 3.74. The molecule has 0 aliphatic rings. The third-order valence-corrected chi connectivity index (χ3v) is 2.45. The number of alkyl halides is 3. The van der Waals surface area contributed by atoms with Crippen molar-refractivity contribution >= 4 is 12.4 Å². The molecule has 1 rings (SSSR count). The summed E-state index contributed by atoms with van der Waals surface area (Å²) in [5.74, 6) is -1.29. The molecule has 7 heteroatoms. The van der Waals surface area contributed by atoms with Crippen LogP contribution in [0.4, 0.5) is 17.6 Å². The minimum Gasteiger partial charge on any atom is -0.330 e. The van der Waals surface area contributed by atoms with Crippen LogP contribution >= 0.6 is 12.4 Å². The van der Waals surface area contributed by atoms with Crippen LogP contribution in [0.5, 0.6) is 0 Å². The van der Waals surface area contributed by atoms with E-state index in [4.69, 9.17) is 11.5 Å². The molecule has 0 heterocycles. The Bertz CT molecular complexity index is 382. The quantitative estimate of drug-likeness (QED) is 0.836. The maximum atomic E-state index is 13.6. The maximum Gasteiger partial charge on any atom is 0.419 e. The molecular formula is C11H15ClF4N2. The van der Waals surface area contributed by atoms with Gasteiger partial charge < -0.3 is 11.5 Å². The minimum atomic E-state index is -4.70. The normalized spacial score (nSPS) is 13.0. The third-order valence-electron chi connectivity index (χ3n) is 2.45. The van der Waals surface area contributed by atoms with E-state index in [1.165, 1.54) is 6.07 Å². The number of nitrogens with two attached hydrogens (primary N) is 2. The van der Waals surface area contributed by atoms with Gasteiger partial charge >= 0.3 is 6.18 Å². The van der Waals surface area contributed by atoms with E-state index in [1.807, 2.05) is 0 Å². The van der Waals surface area contributed by atoms with E-state index in [0.717, 1.165) is 6.07 Å². The van der Waals surface area contributed by atoms with Gasteiger partial charge in [0.15, 0.2) is 0 Å². The summed E-state index contributed by atoms with van der Waals surface area (Å²) in [5.41, 5.74) is 9.50. The molecular weight excluding hydrogens is 272 g/mol. The van der Waals surface area contributed by atoms with Crippen molar-refractivity contribution < 1.29 is 17.6 Å². The lowest BCUT2D eigenvalue weighted by molar-refractivity contribution is -0.140. The summed E-state index contributed by atoms with van der Waals surface area (Å²) in [7, 11) is 0. The van der Waals surface area contributed by atoms with Gasteiger partial charge in [-0.15, -0.1) is 12.4 Å². The lowest BCUT2D eigenvalue weighted by Crippen LogP contribution is -2.17. The monoisotopic (exact) mass is 286 g/mol. The highest BCUT2D eigenvalue weighted by Gasteiger charge is 2.35. The first-order chi connectivity index (χ1) is 7.88. The molecule has 2 nitrogen and oxygen atoms in total. The van der Waals surface area contributed by atoms with Crippen molar-refractivity contribution in [1.29, 1.82) is 0 Å². The van der Waals surface area contributed by atoms with Crippen molar-refractivity contribution in [3.8, 4) is 0 Å². The zero-order valence-corrected chi connectivity index (χ0v) is 10.3. The van der Waals surface area contributed by atoms with Crippen LogP contribution < -0.4 is 11.5 Å². The minimum absolute atomic E-state index is 0. The van der Waals surface area contributed by atoms with E-state index in [1.54, 1.807) is 0 Å². The summed E-state index contributed by atoms with van der Waals surface area (Å²) >= 11 is 0. The molecule has 0 radical (unpaired) electrons. The molecule has 0 aliphatic heterocycles. The van der Waals surface area contributed by atoms with Crippen LogP contribution in [0.25, 0.3) is 0 Å². The van der Waals surface area contributed by atoms with Gasteiger partial charge in [-0.25, -0.2) is 4.39 Å². The van der Waals surface area contributed by atoms with Gasteiger partial charge in [0.05, 0.1) is 5.56 Å². The molecule has 0 bridgehead atoms. The Kier molecular flexibility index (Phi) is 6.59. The Morgan fingerprint density at radius 2 is 1.83 bits per heavy atom. The van der Waals surface area contributed by atoms with Crippen molar-refractivity contribution in [2.45, 2.75) is 25.1 Å². The Hall–Kier alpha value is -0.850. The van der Waals surface area contributed by atoms with Gasteiger partial charge in [-0.1, -0.05) is 12.1 Å². The number of rotatable bonds is 4. The molecule has 0 fully saturated rings. The van der Waals surface area contributed by atoms with E-state index < -0.39 is 23.6 Å². The van der Waals surface area contributed by atoms with Gasteiger partial charge in [0.1, 0.15) is 5.82 Å². The molecule has 0 aromatic heterocycles. The van der Waals surface area contributed by atoms with Crippen LogP contribution in [0, 0.1) is 5.82 Å². The lowest BCUT2D eigenvalue weighted by Gasteiger charge is -2.15. The van der Waals surface area contributed by atoms with Gasteiger partial charge in [0, 0.05) is 11.6 Å². The molecule has 1 atom stereocenters. The van der Waals surface area contributed by atoms with Crippen molar-refractivity contribution in [3.05, 3.63) is 35.1 Å². The van der Waals surface area contributed by atoms with Gasteiger partial charge in [0.2, 0.25) is 0 Å². The maximum absolute atomic E-state index is 13.6. The van der Waals surface area contributed by atoms with E-state index >= 15 is 0 Å². The van der Waals surface area contributed by atoms with Gasteiger partial charge in [-0.05, 0) is 25.5 Å². The third kappa shape index (κ3) is 4.12. The SMILES string of the molecule is Cl.NCCC[C@H](N)c1cccc(C(F)(F)F)c1F. The van der Waals surface area contributed by atoms with E-state index in [-0.39, 0.29) is 18.0 Å². The summed E-state index contributed by atoms with van der Waals surface area (Å²) in [5, 5.41) is 0. The van der Waals surface area contributed by atoms with Crippen LogP contribution in [0.15, 0.2) is 18.2 Å². The first-order valence-electron chi connectivity index (χ1n) is 5.19. The molecule has 0 spiro atoms. The predicted molar refractivity (Wildman–Crippen MR) is 63.9 cm³/mol. The lowest BCUT2D eigenvalue weighted by atomic mass is 9.99. The Labute approximate surface area is 109 Å². The predicted octanol–water partition coefficient (Wildman–Crippen LogP) is 3.01. The summed E-state index contributed by atoms with van der Waals surface area (Å²) in [6, 6.07) is 2.37. The molecule has 0 aliphatic carbocycles.